The molecule has 1 N–H and O–H groups in total. The first kappa shape index (κ1) is 13.6. The maximum atomic E-state index is 3.43. The standard InChI is InChI=1S/C16H18IN/c1-12-7-3-4-8-13(12)11-16(18-2)14-9-5-6-10-15(14)17/h3-10,16,18H,11H2,1-2H3. The molecule has 0 aliphatic rings. The van der Waals surface area contributed by atoms with Crippen molar-refractivity contribution in [2.45, 2.75) is 19.4 Å². The Morgan fingerprint density at radius 1 is 1.06 bits per heavy atom. The average Bonchev–Trinajstić information content (AvgIpc) is 2.39. The SMILES string of the molecule is CNC(Cc1ccccc1C)c1ccccc1I. The van der Waals surface area contributed by atoms with Gasteiger partial charge < -0.3 is 5.32 Å². The van der Waals surface area contributed by atoms with Gasteiger partial charge in [-0.3, -0.25) is 0 Å². The van der Waals surface area contributed by atoms with Crippen molar-refractivity contribution in [2.75, 3.05) is 7.05 Å². The summed E-state index contributed by atoms with van der Waals surface area (Å²) in [5.74, 6) is 0. The lowest BCUT2D eigenvalue weighted by atomic mass is 9.96. The molecule has 1 nitrogen and oxygen atoms in total. The van der Waals surface area contributed by atoms with Crippen LogP contribution in [0.25, 0.3) is 0 Å². The van der Waals surface area contributed by atoms with Crippen LogP contribution in [0, 0.1) is 10.5 Å². The van der Waals surface area contributed by atoms with Crippen molar-refractivity contribution in [1.82, 2.24) is 5.32 Å². The van der Waals surface area contributed by atoms with E-state index in [0.29, 0.717) is 6.04 Å². The molecule has 0 saturated carbocycles. The van der Waals surface area contributed by atoms with Crippen LogP contribution in [0.1, 0.15) is 22.7 Å². The number of nitrogens with one attached hydrogen (secondary N) is 1. The molecule has 0 amide bonds. The monoisotopic (exact) mass is 351 g/mol. The van der Waals surface area contributed by atoms with Gasteiger partial charge in [0.15, 0.2) is 0 Å². The molecule has 1 unspecified atom stereocenters. The summed E-state index contributed by atoms with van der Waals surface area (Å²) in [6.45, 7) is 2.18. The average molecular weight is 351 g/mol. The van der Waals surface area contributed by atoms with E-state index in [1.165, 1.54) is 20.3 Å². The van der Waals surface area contributed by atoms with E-state index in [-0.39, 0.29) is 0 Å². The Morgan fingerprint density at radius 2 is 1.72 bits per heavy atom. The molecular weight excluding hydrogens is 333 g/mol. The van der Waals surface area contributed by atoms with Crippen LogP contribution in [0.4, 0.5) is 0 Å². The molecule has 94 valence electrons. The van der Waals surface area contributed by atoms with Crippen LogP contribution in [0.5, 0.6) is 0 Å². The summed E-state index contributed by atoms with van der Waals surface area (Å²) in [6.07, 6.45) is 1.03. The Labute approximate surface area is 123 Å². The van der Waals surface area contributed by atoms with E-state index in [2.05, 4.69) is 83.4 Å². The highest BCUT2D eigenvalue weighted by Gasteiger charge is 2.13. The Morgan fingerprint density at radius 3 is 2.39 bits per heavy atom. The van der Waals surface area contributed by atoms with E-state index in [9.17, 15) is 0 Å². The van der Waals surface area contributed by atoms with Gasteiger partial charge >= 0.3 is 0 Å². The van der Waals surface area contributed by atoms with E-state index < -0.39 is 0 Å². The number of hydrogen-bond donors (Lipinski definition) is 1. The highest BCUT2D eigenvalue weighted by molar-refractivity contribution is 14.1. The smallest absolute Gasteiger partial charge is 0.0369 e. The van der Waals surface area contributed by atoms with E-state index in [0.717, 1.165) is 6.42 Å². The third kappa shape index (κ3) is 3.12. The lowest BCUT2D eigenvalue weighted by Gasteiger charge is -2.19. The Hall–Kier alpha value is -0.870. The molecule has 2 aromatic carbocycles. The molecule has 0 heterocycles. The van der Waals surface area contributed by atoms with E-state index >= 15 is 0 Å². The van der Waals surface area contributed by atoms with Gasteiger partial charge in [0.1, 0.15) is 0 Å². The Kier molecular flexibility index (Phi) is 4.78. The predicted octanol–water partition coefficient (Wildman–Crippen LogP) is 4.10. The van der Waals surface area contributed by atoms with Gasteiger partial charge in [0.05, 0.1) is 0 Å². The number of likely N-dealkylation sites (N-methyl/N-ethyl adjacent to an activating group) is 1. The van der Waals surface area contributed by atoms with Crippen LogP contribution < -0.4 is 5.32 Å². The fourth-order valence-electron chi connectivity index (χ4n) is 2.18. The van der Waals surface area contributed by atoms with Crippen molar-refractivity contribution < 1.29 is 0 Å². The zero-order chi connectivity index (χ0) is 13.0. The summed E-state index contributed by atoms with van der Waals surface area (Å²) >= 11 is 2.41. The fraction of sp³-hybridized carbons (Fsp3) is 0.250. The summed E-state index contributed by atoms with van der Waals surface area (Å²) in [6, 6.07) is 17.6. The van der Waals surface area contributed by atoms with Crippen LogP contribution in [0.2, 0.25) is 0 Å². The van der Waals surface area contributed by atoms with Crippen LogP contribution >= 0.6 is 22.6 Å². The summed E-state index contributed by atoms with van der Waals surface area (Å²) in [7, 11) is 2.03. The largest absolute Gasteiger partial charge is 0.313 e. The molecule has 0 aliphatic heterocycles. The number of rotatable bonds is 4. The third-order valence-electron chi connectivity index (χ3n) is 3.31. The van der Waals surface area contributed by atoms with Gasteiger partial charge in [0.2, 0.25) is 0 Å². The van der Waals surface area contributed by atoms with E-state index in [1.807, 2.05) is 7.05 Å². The lowest BCUT2D eigenvalue weighted by Crippen LogP contribution is -2.20. The molecule has 0 fully saturated rings. The molecule has 2 aromatic rings. The quantitative estimate of drug-likeness (QED) is 0.818. The fourth-order valence-corrected chi connectivity index (χ4v) is 2.95. The first-order valence-electron chi connectivity index (χ1n) is 6.18. The van der Waals surface area contributed by atoms with Crippen LogP contribution in [0.3, 0.4) is 0 Å². The van der Waals surface area contributed by atoms with Crippen molar-refractivity contribution >= 4 is 22.6 Å². The molecule has 0 aromatic heterocycles. The highest BCUT2D eigenvalue weighted by Crippen LogP contribution is 2.24. The van der Waals surface area contributed by atoms with E-state index in [4.69, 9.17) is 0 Å². The van der Waals surface area contributed by atoms with Gasteiger partial charge in [-0.25, -0.2) is 0 Å². The van der Waals surface area contributed by atoms with Crippen LogP contribution in [0.15, 0.2) is 48.5 Å². The van der Waals surface area contributed by atoms with Gasteiger partial charge in [0, 0.05) is 9.61 Å². The van der Waals surface area contributed by atoms with Gasteiger partial charge in [-0.1, -0.05) is 42.5 Å². The molecule has 2 rings (SSSR count). The Bertz CT molecular complexity index is 522. The highest BCUT2D eigenvalue weighted by atomic mass is 127. The second-order valence-electron chi connectivity index (χ2n) is 4.49. The predicted molar refractivity (Wildman–Crippen MR) is 85.8 cm³/mol. The van der Waals surface area contributed by atoms with E-state index in [1.54, 1.807) is 0 Å². The topological polar surface area (TPSA) is 12.0 Å². The summed E-state index contributed by atoms with van der Waals surface area (Å²) < 4.78 is 1.32. The minimum Gasteiger partial charge on any atom is -0.313 e. The first-order valence-corrected chi connectivity index (χ1v) is 7.26. The molecule has 0 bridgehead atoms. The number of halogens is 1. The van der Waals surface area contributed by atoms with Crippen molar-refractivity contribution in [3.05, 3.63) is 68.8 Å². The van der Waals surface area contributed by atoms with Crippen LogP contribution in [-0.2, 0) is 6.42 Å². The number of benzene rings is 2. The van der Waals surface area contributed by atoms with Crippen molar-refractivity contribution in [3.63, 3.8) is 0 Å². The summed E-state index contributed by atoms with van der Waals surface area (Å²) in [4.78, 5) is 0. The molecule has 0 spiro atoms. The normalized spacial score (nSPS) is 12.4. The minimum absolute atomic E-state index is 0.374. The molecule has 18 heavy (non-hydrogen) atoms. The summed E-state index contributed by atoms with van der Waals surface area (Å²) in [5, 5.41) is 3.43. The maximum absolute atomic E-state index is 3.43. The molecule has 0 saturated heterocycles. The second kappa shape index (κ2) is 6.34. The molecule has 0 radical (unpaired) electrons. The second-order valence-corrected chi connectivity index (χ2v) is 5.66. The maximum Gasteiger partial charge on any atom is 0.0369 e. The zero-order valence-electron chi connectivity index (χ0n) is 10.8. The minimum atomic E-state index is 0.374. The van der Waals surface area contributed by atoms with Gasteiger partial charge in [-0.05, 0) is 65.7 Å². The van der Waals surface area contributed by atoms with Crippen molar-refractivity contribution in [1.29, 1.82) is 0 Å². The van der Waals surface area contributed by atoms with Crippen molar-refractivity contribution in [3.8, 4) is 0 Å². The molecule has 0 aliphatic carbocycles. The molecule has 1 atom stereocenters. The van der Waals surface area contributed by atoms with Gasteiger partial charge in [0.25, 0.3) is 0 Å². The van der Waals surface area contributed by atoms with Crippen LogP contribution in [-0.4, -0.2) is 7.05 Å². The number of hydrogen-bond acceptors (Lipinski definition) is 1. The third-order valence-corrected chi connectivity index (χ3v) is 4.30. The van der Waals surface area contributed by atoms with Crippen molar-refractivity contribution in [2.24, 2.45) is 0 Å². The van der Waals surface area contributed by atoms with Gasteiger partial charge in [-0.2, -0.15) is 0 Å². The Balaban J connectivity index is 2.26. The lowest BCUT2D eigenvalue weighted by molar-refractivity contribution is 0.588. The molecule has 2 heteroatoms. The first-order chi connectivity index (χ1) is 8.72. The molecular formula is C16H18IN. The number of aryl methyl sites for hydroxylation is 1. The zero-order valence-corrected chi connectivity index (χ0v) is 12.9. The summed E-state index contributed by atoms with van der Waals surface area (Å²) in [5.41, 5.74) is 4.16. The van der Waals surface area contributed by atoms with Gasteiger partial charge in [-0.15, -0.1) is 0 Å².